The minimum Gasteiger partial charge on any atom is -0.444 e. The number of rotatable bonds is 4. The van der Waals surface area contributed by atoms with Crippen molar-refractivity contribution in [1.29, 1.82) is 0 Å². The SMILES string of the molecule is CC[C@@H]1OC[C@@H](O)Nc2ccc(CCNC(=O)OC(C)(C)C)cc21. The highest BCUT2D eigenvalue weighted by Gasteiger charge is 2.22. The maximum absolute atomic E-state index is 11.7. The maximum atomic E-state index is 11.7. The fourth-order valence-electron chi connectivity index (χ4n) is 2.64. The number of benzene rings is 1. The number of aliphatic hydroxyl groups excluding tert-OH is 1. The van der Waals surface area contributed by atoms with Crippen molar-refractivity contribution in [3.8, 4) is 0 Å². The molecule has 24 heavy (non-hydrogen) atoms. The summed E-state index contributed by atoms with van der Waals surface area (Å²) in [6, 6.07) is 6.03. The quantitative estimate of drug-likeness (QED) is 0.788. The van der Waals surface area contributed by atoms with Crippen LogP contribution in [0.2, 0.25) is 0 Å². The predicted molar refractivity (Wildman–Crippen MR) is 93.0 cm³/mol. The third kappa shape index (κ3) is 5.39. The zero-order valence-electron chi connectivity index (χ0n) is 14.9. The molecule has 1 aliphatic heterocycles. The van der Waals surface area contributed by atoms with E-state index < -0.39 is 17.9 Å². The number of nitrogens with one attached hydrogen (secondary N) is 2. The summed E-state index contributed by atoms with van der Waals surface area (Å²) in [5, 5.41) is 15.6. The predicted octanol–water partition coefficient (Wildman–Crippen LogP) is 2.97. The number of alkyl carbamates (subject to hydrolysis) is 1. The van der Waals surface area contributed by atoms with E-state index >= 15 is 0 Å². The van der Waals surface area contributed by atoms with Gasteiger partial charge in [-0.2, -0.15) is 0 Å². The van der Waals surface area contributed by atoms with Crippen LogP contribution in [-0.4, -0.2) is 36.2 Å². The van der Waals surface area contributed by atoms with E-state index in [1.165, 1.54) is 0 Å². The summed E-state index contributed by atoms with van der Waals surface area (Å²) in [6.07, 6.45) is 0.396. The molecule has 0 unspecified atom stereocenters. The molecule has 0 saturated carbocycles. The maximum Gasteiger partial charge on any atom is 0.407 e. The summed E-state index contributed by atoms with van der Waals surface area (Å²) in [7, 11) is 0. The van der Waals surface area contributed by atoms with Crippen molar-refractivity contribution in [2.75, 3.05) is 18.5 Å². The average Bonchev–Trinajstić information content (AvgIpc) is 2.63. The highest BCUT2D eigenvalue weighted by molar-refractivity contribution is 5.67. The third-order valence-corrected chi connectivity index (χ3v) is 3.69. The normalized spacial score (nSPS) is 20.5. The molecule has 0 spiro atoms. The molecule has 6 heteroatoms. The monoisotopic (exact) mass is 336 g/mol. The van der Waals surface area contributed by atoms with E-state index in [0.29, 0.717) is 13.0 Å². The molecular formula is C18H28N2O4. The Morgan fingerprint density at radius 1 is 1.46 bits per heavy atom. The summed E-state index contributed by atoms with van der Waals surface area (Å²) < 4.78 is 11.0. The number of carbonyl (C=O) groups excluding carboxylic acids is 1. The van der Waals surface area contributed by atoms with Crippen LogP contribution < -0.4 is 10.6 Å². The van der Waals surface area contributed by atoms with Crippen LogP contribution >= 0.6 is 0 Å². The van der Waals surface area contributed by atoms with Crippen molar-refractivity contribution in [3.63, 3.8) is 0 Å². The molecule has 1 heterocycles. The van der Waals surface area contributed by atoms with Gasteiger partial charge >= 0.3 is 6.09 Å². The van der Waals surface area contributed by atoms with Crippen LogP contribution in [0.5, 0.6) is 0 Å². The molecule has 1 aromatic rings. The summed E-state index contributed by atoms with van der Waals surface area (Å²) in [5.74, 6) is 0. The van der Waals surface area contributed by atoms with E-state index in [-0.39, 0.29) is 12.7 Å². The molecule has 134 valence electrons. The van der Waals surface area contributed by atoms with Crippen molar-refractivity contribution >= 4 is 11.8 Å². The van der Waals surface area contributed by atoms with Gasteiger partial charge in [0.2, 0.25) is 0 Å². The van der Waals surface area contributed by atoms with Gasteiger partial charge in [0, 0.05) is 17.8 Å². The molecule has 1 amide bonds. The highest BCUT2D eigenvalue weighted by Crippen LogP contribution is 2.32. The summed E-state index contributed by atoms with van der Waals surface area (Å²) >= 11 is 0. The van der Waals surface area contributed by atoms with Crippen LogP contribution in [0, 0.1) is 0 Å². The first-order chi connectivity index (χ1) is 11.3. The van der Waals surface area contributed by atoms with Gasteiger partial charge in [0.25, 0.3) is 0 Å². The van der Waals surface area contributed by atoms with Crippen molar-refractivity contribution in [2.45, 2.75) is 58.5 Å². The number of ether oxygens (including phenoxy) is 2. The minimum absolute atomic E-state index is 0.0385. The molecule has 0 fully saturated rings. The van der Waals surface area contributed by atoms with Crippen molar-refractivity contribution in [1.82, 2.24) is 5.32 Å². The van der Waals surface area contributed by atoms with Crippen molar-refractivity contribution in [2.24, 2.45) is 0 Å². The molecule has 6 nitrogen and oxygen atoms in total. The van der Waals surface area contributed by atoms with Crippen LogP contribution in [0.25, 0.3) is 0 Å². The molecule has 1 aliphatic rings. The number of aliphatic hydroxyl groups is 1. The lowest BCUT2D eigenvalue weighted by atomic mass is 10.0. The Morgan fingerprint density at radius 3 is 2.88 bits per heavy atom. The summed E-state index contributed by atoms with van der Waals surface area (Å²) in [5.41, 5.74) is 2.55. The zero-order valence-corrected chi connectivity index (χ0v) is 14.9. The molecule has 2 atom stereocenters. The Bertz CT molecular complexity index is 569. The van der Waals surface area contributed by atoms with Gasteiger partial charge in [-0.05, 0) is 45.2 Å². The number of amides is 1. The van der Waals surface area contributed by atoms with Crippen LogP contribution in [0.15, 0.2) is 18.2 Å². The molecule has 2 rings (SSSR count). The average molecular weight is 336 g/mol. The topological polar surface area (TPSA) is 79.8 Å². The van der Waals surface area contributed by atoms with Gasteiger partial charge in [0.15, 0.2) is 0 Å². The van der Waals surface area contributed by atoms with Crippen LogP contribution in [0.4, 0.5) is 10.5 Å². The van der Waals surface area contributed by atoms with Crippen LogP contribution in [-0.2, 0) is 15.9 Å². The number of hydrogen-bond acceptors (Lipinski definition) is 5. The number of carbonyl (C=O) groups is 1. The second-order valence-electron chi connectivity index (χ2n) is 6.99. The van der Waals surface area contributed by atoms with Gasteiger partial charge in [-0.25, -0.2) is 4.79 Å². The van der Waals surface area contributed by atoms with E-state index in [1.807, 2.05) is 32.9 Å². The Balaban J connectivity index is 1.98. The van der Waals surface area contributed by atoms with E-state index in [0.717, 1.165) is 23.2 Å². The van der Waals surface area contributed by atoms with E-state index in [2.05, 4.69) is 23.6 Å². The van der Waals surface area contributed by atoms with Crippen LogP contribution in [0.1, 0.15) is 51.3 Å². The first-order valence-electron chi connectivity index (χ1n) is 8.44. The van der Waals surface area contributed by atoms with Gasteiger partial charge in [-0.1, -0.05) is 19.1 Å². The highest BCUT2D eigenvalue weighted by atomic mass is 16.6. The molecular weight excluding hydrogens is 308 g/mol. The smallest absolute Gasteiger partial charge is 0.407 e. The van der Waals surface area contributed by atoms with Gasteiger partial charge < -0.3 is 25.2 Å². The van der Waals surface area contributed by atoms with Gasteiger partial charge in [-0.15, -0.1) is 0 Å². The fraction of sp³-hybridized carbons (Fsp3) is 0.611. The van der Waals surface area contributed by atoms with Gasteiger partial charge in [0.05, 0.1) is 12.7 Å². The number of hydrogen-bond donors (Lipinski definition) is 3. The Morgan fingerprint density at radius 2 is 2.21 bits per heavy atom. The molecule has 1 aromatic carbocycles. The Labute approximate surface area is 143 Å². The van der Waals surface area contributed by atoms with Crippen LogP contribution in [0.3, 0.4) is 0 Å². The summed E-state index contributed by atoms with van der Waals surface area (Å²) in [6.45, 7) is 8.34. The first kappa shape index (κ1) is 18.5. The summed E-state index contributed by atoms with van der Waals surface area (Å²) in [4.78, 5) is 11.7. The Hall–Kier alpha value is -1.79. The third-order valence-electron chi connectivity index (χ3n) is 3.69. The standard InChI is InChI=1S/C18H28N2O4/c1-5-15-13-10-12(6-7-14(13)20-16(21)11-23-15)8-9-19-17(22)24-18(2,3)4/h6-7,10,15-16,20-21H,5,8-9,11H2,1-4H3,(H,19,22)/t15-,16+/m0/s1. The van der Waals surface area contributed by atoms with Crippen molar-refractivity contribution < 1.29 is 19.4 Å². The van der Waals surface area contributed by atoms with Gasteiger partial charge in [-0.3, -0.25) is 0 Å². The molecule has 0 saturated heterocycles. The molecule has 0 bridgehead atoms. The Kier molecular flexibility index (Phi) is 6.07. The lowest BCUT2D eigenvalue weighted by molar-refractivity contribution is 0.00358. The zero-order chi connectivity index (χ0) is 17.7. The number of anilines is 1. The van der Waals surface area contributed by atoms with Gasteiger partial charge in [0.1, 0.15) is 11.8 Å². The van der Waals surface area contributed by atoms with Crippen molar-refractivity contribution in [3.05, 3.63) is 29.3 Å². The molecule has 0 aliphatic carbocycles. The second-order valence-corrected chi connectivity index (χ2v) is 6.99. The number of fused-ring (bicyclic) bond motifs is 1. The lowest BCUT2D eigenvalue weighted by Crippen LogP contribution is -2.33. The minimum atomic E-state index is -0.694. The molecule has 0 radical (unpaired) electrons. The molecule has 3 N–H and O–H groups in total. The van der Waals surface area contributed by atoms with E-state index in [1.54, 1.807) is 0 Å². The van der Waals surface area contributed by atoms with E-state index in [9.17, 15) is 9.90 Å². The fourth-order valence-corrected chi connectivity index (χ4v) is 2.64. The second kappa shape index (κ2) is 7.85. The largest absolute Gasteiger partial charge is 0.444 e. The van der Waals surface area contributed by atoms with E-state index in [4.69, 9.17) is 9.47 Å². The lowest BCUT2D eigenvalue weighted by Gasteiger charge is -2.20. The molecule has 0 aromatic heterocycles. The first-order valence-corrected chi connectivity index (χ1v) is 8.44.